The summed E-state index contributed by atoms with van der Waals surface area (Å²) in [6.45, 7) is 0.573. The number of hydrogen-bond acceptors (Lipinski definition) is 4. The molecule has 29 heavy (non-hydrogen) atoms. The van der Waals surface area contributed by atoms with E-state index in [2.05, 4.69) is 5.32 Å². The van der Waals surface area contributed by atoms with Gasteiger partial charge in [-0.2, -0.15) is 0 Å². The fraction of sp³-hybridized carbons (Fsp3) is 0.591. The standard InChI is InChI=1S/C22H31ClN2O4/c1-29-17-11-12-18(23)19(16-17)24-20(26)10-8-6-4-2-3-5-7-9-15-25-21(27)13-14-22(25)28/h11-12,16H,2-10,13-15H2,1H3,(H,24,26). The van der Waals surface area contributed by atoms with Gasteiger partial charge in [0, 0.05) is 31.9 Å². The van der Waals surface area contributed by atoms with E-state index in [0.29, 0.717) is 42.3 Å². The molecule has 7 heteroatoms. The molecule has 0 bridgehead atoms. The maximum atomic E-state index is 12.1. The van der Waals surface area contributed by atoms with Crippen molar-refractivity contribution in [3.05, 3.63) is 23.2 Å². The molecule has 1 fully saturated rings. The zero-order chi connectivity index (χ0) is 21.1. The van der Waals surface area contributed by atoms with Crippen LogP contribution in [-0.4, -0.2) is 36.3 Å². The first-order valence-corrected chi connectivity index (χ1v) is 10.9. The second-order valence-electron chi connectivity index (χ2n) is 7.41. The van der Waals surface area contributed by atoms with E-state index in [9.17, 15) is 14.4 Å². The number of unbranched alkanes of at least 4 members (excludes halogenated alkanes) is 7. The van der Waals surface area contributed by atoms with Crippen molar-refractivity contribution in [1.29, 1.82) is 0 Å². The molecule has 3 amide bonds. The van der Waals surface area contributed by atoms with Gasteiger partial charge in [-0.25, -0.2) is 0 Å². The Kier molecular flexibility index (Phi) is 9.98. The number of nitrogens with zero attached hydrogens (tertiary/aromatic N) is 1. The van der Waals surface area contributed by atoms with Crippen molar-refractivity contribution < 1.29 is 19.1 Å². The van der Waals surface area contributed by atoms with E-state index < -0.39 is 0 Å². The summed E-state index contributed by atoms with van der Waals surface area (Å²) < 4.78 is 5.14. The highest BCUT2D eigenvalue weighted by Crippen LogP contribution is 2.27. The van der Waals surface area contributed by atoms with E-state index in [1.807, 2.05) is 0 Å². The van der Waals surface area contributed by atoms with Crippen molar-refractivity contribution in [2.75, 3.05) is 19.0 Å². The number of rotatable bonds is 13. The highest BCUT2D eigenvalue weighted by atomic mass is 35.5. The van der Waals surface area contributed by atoms with Crippen LogP contribution >= 0.6 is 11.6 Å². The first-order chi connectivity index (χ1) is 14.0. The number of imide groups is 1. The Bertz CT molecular complexity index is 692. The normalized spacial score (nSPS) is 13.8. The van der Waals surface area contributed by atoms with Gasteiger partial charge in [0.15, 0.2) is 0 Å². The lowest BCUT2D eigenvalue weighted by Crippen LogP contribution is -2.29. The van der Waals surface area contributed by atoms with E-state index in [4.69, 9.17) is 16.3 Å². The van der Waals surface area contributed by atoms with Crippen LogP contribution in [-0.2, 0) is 14.4 Å². The Balaban J connectivity index is 1.46. The minimum absolute atomic E-state index is 0.0206. The molecule has 1 N–H and O–H groups in total. The number of halogens is 1. The summed E-state index contributed by atoms with van der Waals surface area (Å²) in [5.74, 6) is 0.579. The number of amides is 3. The van der Waals surface area contributed by atoms with Crippen molar-refractivity contribution in [2.24, 2.45) is 0 Å². The number of nitrogens with one attached hydrogen (secondary N) is 1. The summed E-state index contributed by atoms with van der Waals surface area (Å²) in [5.41, 5.74) is 0.577. The van der Waals surface area contributed by atoms with Crippen LogP contribution in [0.5, 0.6) is 5.75 Å². The minimum atomic E-state index is -0.0360. The van der Waals surface area contributed by atoms with Crippen molar-refractivity contribution in [1.82, 2.24) is 4.90 Å². The topological polar surface area (TPSA) is 75.7 Å². The predicted octanol–water partition coefficient (Wildman–Crippen LogP) is 4.95. The molecule has 0 atom stereocenters. The zero-order valence-corrected chi connectivity index (χ0v) is 17.9. The number of hydrogen-bond donors (Lipinski definition) is 1. The molecule has 0 radical (unpaired) electrons. The van der Waals surface area contributed by atoms with Crippen molar-refractivity contribution in [2.45, 2.75) is 70.6 Å². The van der Waals surface area contributed by atoms with Crippen molar-refractivity contribution >= 4 is 35.0 Å². The summed E-state index contributed by atoms with van der Waals surface area (Å²) in [6.07, 6.45) is 9.56. The molecule has 2 rings (SSSR count). The number of carbonyl (C=O) groups excluding carboxylic acids is 3. The monoisotopic (exact) mass is 422 g/mol. The fourth-order valence-electron chi connectivity index (χ4n) is 3.43. The Morgan fingerprint density at radius 1 is 1.00 bits per heavy atom. The molecule has 160 valence electrons. The second kappa shape index (κ2) is 12.5. The molecular weight excluding hydrogens is 392 g/mol. The molecule has 0 aromatic heterocycles. The van der Waals surface area contributed by atoms with Crippen LogP contribution in [0.15, 0.2) is 18.2 Å². The Labute approximate surface area is 177 Å². The van der Waals surface area contributed by atoms with Crippen LogP contribution < -0.4 is 10.1 Å². The molecule has 6 nitrogen and oxygen atoms in total. The lowest BCUT2D eigenvalue weighted by molar-refractivity contribution is -0.138. The van der Waals surface area contributed by atoms with Crippen molar-refractivity contribution in [3.63, 3.8) is 0 Å². The van der Waals surface area contributed by atoms with Crippen LogP contribution in [0.3, 0.4) is 0 Å². The van der Waals surface area contributed by atoms with E-state index in [1.54, 1.807) is 25.3 Å². The number of carbonyl (C=O) groups is 3. The van der Waals surface area contributed by atoms with Crippen LogP contribution in [0.1, 0.15) is 70.6 Å². The van der Waals surface area contributed by atoms with Gasteiger partial charge in [-0.05, 0) is 25.0 Å². The van der Waals surface area contributed by atoms with Crippen LogP contribution in [0.25, 0.3) is 0 Å². The quantitative estimate of drug-likeness (QED) is 0.360. The minimum Gasteiger partial charge on any atom is -0.497 e. The Hall–Kier alpha value is -2.08. The van der Waals surface area contributed by atoms with Crippen LogP contribution in [0.4, 0.5) is 5.69 Å². The van der Waals surface area contributed by atoms with E-state index in [1.165, 1.54) is 4.90 Å². The predicted molar refractivity (Wildman–Crippen MR) is 114 cm³/mol. The maximum Gasteiger partial charge on any atom is 0.229 e. The molecule has 0 saturated carbocycles. The maximum absolute atomic E-state index is 12.1. The van der Waals surface area contributed by atoms with E-state index in [0.717, 1.165) is 51.4 Å². The SMILES string of the molecule is COc1ccc(Cl)c(NC(=O)CCCCCCCCCCN2C(=O)CCC2=O)c1. The lowest BCUT2D eigenvalue weighted by Gasteiger charge is -2.13. The van der Waals surface area contributed by atoms with Gasteiger partial charge >= 0.3 is 0 Å². The summed E-state index contributed by atoms with van der Waals surface area (Å²) in [6, 6.07) is 5.18. The molecule has 1 saturated heterocycles. The molecule has 1 aliphatic heterocycles. The van der Waals surface area contributed by atoms with Crippen molar-refractivity contribution in [3.8, 4) is 5.75 Å². The van der Waals surface area contributed by atoms with Gasteiger partial charge in [-0.3, -0.25) is 19.3 Å². The summed E-state index contributed by atoms with van der Waals surface area (Å²) in [7, 11) is 1.57. The number of ether oxygens (including phenoxy) is 1. The molecule has 0 unspecified atom stereocenters. The van der Waals surface area contributed by atoms with E-state index in [-0.39, 0.29) is 17.7 Å². The van der Waals surface area contributed by atoms with Gasteiger partial charge in [0.05, 0.1) is 17.8 Å². The number of benzene rings is 1. The second-order valence-corrected chi connectivity index (χ2v) is 7.82. The molecule has 1 aromatic carbocycles. The highest BCUT2D eigenvalue weighted by Gasteiger charge is 2.27. The van der Waals surface area contributed by atoms with Crippen LogP contribution in [0, 0.1) is 0 Å². The largest absolute Gasteiger partial charge is 0.497 e. The third kappa shape index (κ3) is 8.05. The smallest absolute Gasteiger partial charge is 0.229 e. The third-order valence-electron chi connectivity index (χ3n) is 5.14. The fourth-order valence-corrected chi connectivity index (χ4v) is 3.59. The highest BCUT2D eigenvalue weighted by molar-refractivity contribution is 6.33. The first kappa shape index (κ1) is 23.2. The summed E-state index contributed by atoms with van der Waals surface area (Å²) in [4.78, 5) is 36.5. The van der Waals surface area contributed by atoms with Gasteiger partial charge in [0.2, 0.25) is 17.7 Å². The van der Waals surface area contributed by atoms with Gasteiger partial charge in [-0.1, -0.05) is 50.1 Å². The number of likely N-dealkylation sites (tertiary alicyclic amines) is 1. The lowest BCUT2D eigenvalue weighted by atomic mass is 10.1. The Morgan fingerprint density at radius 2 is 1.59 bits per heavy atom. The van der Waals surface area contributed by atoms with Gasteiger partial charge < -0.3 is 10.1 Å². The molecule has 0 aliphatic carbocycles. The number of anilines is 1. The molecule has 1 aromatic rings. The molecular formula is C22H31ClN2O4. The van der Waals surface area contributed by atoms with Gasteiger partial charge in [0.1, 0.15) is 5.75 Å². The molecule has 0 spiro atoms. The third-order valence-corrected chi connectivity index (χ3v) is 5.47. The van der Waals surface area contributed by atoms with Gasteiger partial charge in [0.25, 0.3) is 0 Å². The average molecular weight is 423 g/mol. The number of methoxy groups -OCH3 is 1. The van der Waals surface area contributed by atoms with Crippen LogP contribution in [0.2, 0.25) is 5.02 Å². The molecule has 1 heterocycles. The van der Waals surface area contributed by atoms with E-state index >= 15 is 0 Å². The zero-order valence-electron chi connectivity index (χ0n) is 17.2. The molecule has 1 aliphatic rings. The first-order valence-electron chi connectivity index (χ1n) is 10.5. The Morgan fingerprint density at radius 3 is 2.21 bits per heavy atom. The summed E-state index contributed by atoms with van der Waals surface area (Å²) in [5, 5.41) is 3.33. The van der Waals surface area contributed by atoms with Gasteiger partial charge in [-0.15, -0.1) is 0 Å². The average Bonchev–Trinajstić information content (AvgIpc) is 3.03. The summed E-state index contributed by atoms with van der Waals surface area (Å²) >= 11 is 6.10.